The van der Waals surface area contributed by atoms with Crippen molar-refractivity contribution in [1.29, 1.82) is 0 Å². The molecular weight excluding hydrogens is 308 g/mol. The van der Waals surface area contributed by atoms with E-state index >= 15 is 0 Å². The zero-order chi connectivity index (χ0) is 16.7. The Balaban J connectivity index is 1.59. The molecule has 1 aromatic carbocycles. The molecule has 4 atom stereocenters. The highest BCUT2D eigenvalue weighted by molar-refractivity contribution is 5.86. The third-order valence-corrected chi connectivity index (χ3v) is 5.87. The van der Waals surface area contributed by atoms with E-state index in [9.17, 15) is 14.7 Å². The third kappa shape index (κ3) is 2.32. The molecule has 3 saturated heterocycles. The van der Waals surface area contributed by atoms with Crippen LogP contribution in [0.2, 0.25) is 0 Å². The lowest BCUT2D eigenvalue weighted by Gasteiger charge is -2.30. The predicted molar refractivity (Wildman–Crippen MR) is 86.5 cm³/mol. The summed E-state index contributed by atoms with van der Waals surface area (Å²) in [6.45, 7) is 3.21. The van der Waals surface area contributed by atoms with E-state index in [4.69, 9.17) is 4.74 Å². The highest BCUT2D eigenvalue weighted by Crippen LogP contribution is 2.42. The van der Waals surface area contributed by atoms with Gasteiger partial charge >= 0.3 is 5.97 Å². The van der Waals surface area contributed by atoms with E-state index in [1.165, 1.54) is 0 Å². The van der Waals surface area contributed by atoms with Gasteiger partial charge in [0.05, 0.1) is 24.5 Å². The van der Waals surface area contributed by atoms with E-state index in [1.807, 2.05) is 30.3 Å². The topological polar surface area (TPSA) is 78.9 Å². The number of carbonyl (C=O) groups excluding carboxylic acids is 1. The fourth-order valence-corrected chi connectivity index (χ4v) is 4.46. The molecule has 6 nitrogen and oxygen atoms in total. The van der Waals surface area contributed by atoms with Crippen molar-refractivity contribution >= 4 is 11.9 Å². The van der Waals surface area contributed by atoms with Crippen LogP contribution in [0, 0.1) is 17.3 Å². The van der Waals surface area contributed by atoms with Gasteiger partial charge in [-0.1, -0.05) is 30.3 Å². The van der Waals surface area contributed by atoms with Crippen molar-refractivity contribution < 1.29 is 19.4 Å². The molecule has 6 heteroatoms. The first-order valence-electron chi connectivity index (χ1n) is 8.47. The van der Waals surface area contributed by atoms with Crippen LogP contribution in [0.4, 0.5) is 0 Å². The van der Waals surface area contributed by atoms with Crippen LogP contribution >= 0.6 is 0 Å². The van der Waals surface area contributed by atoms with E-state index < -0.39 is 17.3 Å². The van der Waals surface area contributed by atoms with Crippen molar-refractivity contribution in [2.24, 2.45) is 17.3 Å². The van der Waals surface area contributed by atoms with Gasteiger partial charge in [0.25, 0.3) is 0 Å². The van der Waals surface area contributed by atoms with Crippen molar-refractivity contribution in [1.82, 2.24) is 10.2 Å². The summed E-state index contributed by atoms with van der Waals surface area (Å²) in [5, 5.41) is 12.9. The molecule has 0 radical (unpaired) electrons. The van der Waals surface area contributed by atoms with Crippen LogP contribution in [-0.2, 0) is 14.3 Å². The van der Waals surface area contributed by atoms with Crippen LogP contribution in [0.15, 0.2) is 30.3 Å². The highest BCUT2D eigenvalue weighted by atomic mass is 16.5. The summed E-state index contributed by atoms with van der Waals surface area (Å²) in [5.74, 6) is -1.29. The zero-order valence-corrected chi connectivity index (χ0v) is 13.5. The summed E-state index contributed by atoms with van der Waals surface area (Å²) in [6, 6.07) is 9.65. The SMILES string of the molecule is O=C(O)[C@@H]1CN(C(=O)[C@]23CNC[C@H]2COC3)C[C@H]1c1ccccc1. The lowest BCUT2D eigenvalue weighted by atomic mass is 9.79. The minimum atomic E-state index is -0.833. The van der Waals surface area contributed by atoms with Crippen LogP contribution in [0.3, 0.4) is 0 Å². The van der Waals surface area contributed by atoms with Gasteiger partial charge in [-0.15, -0.1) is 0 Å². The third-order valence-electron chi connectivity index (χ3n) is 5.87. The molecule has 24 heavy (non-hydrogen) atoms. The van der Waals surface area contributed by atoms with Gasteiger partial charge in [-0.25, -0.2) is 0 Å². The number of ether oxygens (including phenoxy) is 1. The average Bonchev–Trinajstić information content (AvgIpc) is 3.28. The maximum absolute atomic E-state index is 13.2. The Hall–Kier alpha value is -1.92. The number of aliphatic carboxylic acids is 1. The minimum absolute atomic E-state index is 0.0553. The number of fused-ring (bicyclic) bond motifs is 1. The Morgan fingerprint density at radius 1 is 1.25 bits per heavy atom. The normalized spacial score (nSPS) is 35.2. The largest absolute Gasteiger partial charge is 0.481 e. The van der Waals surface area contributed by atoms with E-state index in [0.29, 0.717) is 26.3 Å². The highest BCUT2D eigenvalue weighted by Gasteiger charge is 2.56. The summed E-state index contributed by atoms with van der Waals surface area (Å²) in [4.78, 5) is 26.7. The minimum Gasteiger partial charge on any atom is -0.481 e. The number of nitrogens with zero attached hydrogens (tertiary/aromatic N) is 1. The first-order chi connectivity index (χ1) is 11.6. The number of carboxylic acid groups (broad SMARTS) is 1. The van der Waals surface area contributed by atoms with Crippen LogP contribution in [0.25, 0.3) is 0 Å². The summed E-state index contributed by atoms with van der Waals surface area (Å²) >= 11 is 0. The van der Waals surface area contributed by atoms with Gasteiger partial charge in [0.2, 0.25) is 5.91 Å². The maximum atomic E-state index is 13.2. The van der Waals surface area contributed by atoms with Gasteiger partial charge in [0.15, 0.2) is 0 Å². The summed E-state index contributed by atoms with van der Waals surface area (Å²) < 4.78 is 5.58. The summed E-state index contributed by atoms with van der Waals surface area (Å²) in [7, 11) is 0. The van der Waals surface area contributed by atoms with Crippen LogP contribution in [-0.4, -0.2) is 61.3 Å². The smallest absolute Gasteiger partial charge is 0.308 e. The fraction of sp³-hybridized carbons (Fsp3) is 0.556. The second kappa shape index (κ2) is 5.86. The van der Waals surface area contributed by atoms with Gasteiger partial charge in [-0.2, -0.15) is 0 Å². The van der Waals surface area contributed by atoms with Crippen molar-refractivity contribution in [2.45, 2.75) is 5.92 Å². The van der Waals surface area contributed by atoms with Crippen LogP contribution < -0.4 is 5.32 Å². The number of hydrogen-bond donors (Lipinski definition) is 2. The van der Waals surface area contributed by atoms with Gasteiger partial charge in [-0.05, 0) is 5.56 Å². The second-order valence-corrected chi connectivity index (χ2v) is 7.17. The number of benzene rings is 1. The predicted octanol–water partition coefficient (Wildman–Crippen LogP) is 0.549. The van der Waals surface area contributed by atoms with Crippen molar-refractivity contribution in [2.75, 3.05) is 39.4 Å². The van der Waals surface area contributed by atoms with E-state index in [-0.39, 0.29) is 24.3 Å². The van der Waals surface area contributed by atoms with Gasteiger partial charge in [-0.3, -0.25) is 9.59 Å². The molecule has 1 amide bonds. The van der Waals surface area contributed by atoms with E-state index in [0.717, 1.165) is 12.1 Å². The van der Waals surface area contributed by atoms with E-state index in [2.05, 4.69) is 5.32 Å². The van der Waals surface area contributed by atoms with Crippen molar-refractivity contribution in [3.8, 4) is 0 Å². The molecular formula is C18H22N2O4. The molecule has 0 bridgehead atoms. The van der Waals surface area contributed by atoms with E-state index in [1.54, 1.807) is 4.90 Å². The molecule has 0 saturated carbocycles. The second-order valence-electron chi connectivity index (χ2n) is 7.17. The molecule has 0 spiro atoms. The molecule has 3 aliphatic rings. The molecule has 0 aliphatic carbocycles. The van der Waals surface area contributed by atoms with Gasteiger partial charge in [0.1, 0.15) is 0 Å². The Labute approximate surface area is 140 Å². The lowest BCUT2D eigenvalue weighted by molar-refractivity contribution is -0.143. The lowest BCUT2D eigenvalue weighted by Crippen LogP contribution is -2.48. The fourth-order valence-electron chi connectivity index (χ4n) is 4.46. The number of likely N-dealkylation sites (tertiary alicyclic amines) is 1. The zero-order valence-electron chi connectivity index (χ0n) is 13.5. The molecule has 0 aromatic heterocycles. The number of nitrogens with one attached hydrogen (secondary N) is 1. The number of amides is 1. The van der Waals surface area contributed by atoms with Gasteiger partial charge in [0, 0.05) is 38.0 Å². The average molecular weight is 330 g/mol. The summed E-state index contributed by atoms with van der Waals surface area (Å²) in [5.41, 5.74) is 0.482. The first-order valence-corrected chi connectivity index (χ1v) is 8.47. The molecule has 3 fully saturated rings. The van der Waals surface area contributed by atoms with Gasteiger partial charge < -0.3 is 20.1 Å². The molecule has 2 N–H and O–H groups in total. The molecule has 0 unspecified atom stereocenters. The number of rotatable bonds is 3. The molecule has 4 rings (SSSR count). The molecule has 3 heterocycles. The van der Waals surface area contributed by atoms with Crippen molar-refractivity contribution in [3.63, 3.8) is 0 Å². The van der Waals surface area contributed by atoms with Crippen LogP contribution in [0.1, 0.15) is 11.5 Å². The quantitative estimate of drug-likeness (QED) is 0.846. The van der Waals surface area contributed by atoms with Crippen LogP contribution in [0.5, 0.6) is 0 Å². The molecule has 1 aromatic rings. The summed E-state index contributed by atoms with van der Waals surface area (Å²) in [6.07, 6.45) is 0. The number of hydrogen-bond acceptors (Lipinski definition) is 4. The monoisotopic (exact) mass is 330 g/mol. The Bertz CT molecular complexity index is 638. The standard InChI is InChI=1S/C18H22N2O4/c21-16(22)15-8-20(7-14(15)12-4-2-1-3-5-12)17(23)18-10-19-6-13(18)9-24-11-18/h1-5,13-15,19H,6-11H2,(H,21,22)/t13-,14-,15+,18-/m0/s1. The Morgan fingerprint density at radius 2 is 2.04 bits per heavy atom. The Morgan fingerprint density at radius 3 is 2.79 bits per heavy atom. The number of carboxylic acids is 1. The maximum Gasteiger partial charge on any atom is 0.308 e. The Kier molecular flexibility index (Phi) is 3.81. The van der Waals surface area contributed by atoms with Crippen molar-refractivity contribution in [3.05, 3.63) is 35.9 Å². The first kappa shape index (κ1) is 15.6. The number of carbonyl (C=O) groups is 2. The molecule has 128 valence electrons. The molecule has 3 aliphatic heterocycles.